The van der Waals surface area contributed by atoms with E-state index in [1.54, 1.807) is 12.1 Å². The van der Waals surface area contributed by atoms with Crippen molar-refractivity contribution in [3.8, 4) is 11.5 Å². The van der Waals surface area contributed by atoms with Crippen LogP contribution in [-0.2, 0) is 17.6 Å². The first-order valence-electron chi connectivity index (χ1n) is 10.4. The number of aliphatic hydroxyl groups excluding tert-OH is 2. The number of nitrogens with one attached hydrogen (secondary N) is 2. The van der Waals surface area contributed by atoms with Gasteiger partial charge in [0.2, 0.25) is 6.41 Å². The van der Waals surface area contributed by atoms with Crippen molar-refractivity contribution < 1.29 is 24.9 Å². The highest BCUT2D eigenvalue weighted by Crippen LogP contribution is 2.24. The highest BCUT2D eigenvalue weighted by molar-refractivity contribution is 5.75. The van der Waals surface area contributed by atoms with Crippen molar-refractivity contribution in [3.63, 3.8) is 0 Å². The molecule has 7 heteroatoms. The van der Waals surface area contributed by atoms with Crippen LogP contribution >= 0.6 is 0 Å². The fraction of sp³-hybridized carbons (Fsp3) is 0.240. The second kappa shape index (κ2) is 11.9. The summed E-state index contributed by atoms with van der Waals surface area (Å²) in [5.41, 5.74) is 3.00. The van der Waals surface area contributed by atoms with E-state index < -0.39 is 12.3 Å². The van der Waals surface area contributed by atoms with Crippen LogP contribution in [0.4, 0.5) is 5.69 Å². The number of rotatable bonds is 12. The standard InChI is InChI=1S/C25H28N2O5/c28-17-27-22-14-19(8-11-23(22)29)15-25(31)26-13-12-18-6-9-21(10-7-18)32-16-24(30)20-4-2-1-3-5-20/h1-11,14,17,24-26,29-31H,12-13,15-16H2,(H,27,28)/t24-,25-/m1/s1. The molecule has 0 radical (unpaired) electrons. The zero-order chi connectivity index (χ0) is 22.8. The number of benzene rings is 3. The number of aliphatic hydroxyl groups is 2. The molecule has 3 aromatic rings. The number of phenols is 1. The van der Waals surface area contributed by atoms with Crippen molar-refractivity contribution >= 4 is 12.1 Å². The summed E-state index contributed by atoms with van der Waals surface area (Å²) in [6.07, 6.45) is 0.114. The molecule has 0 unspecified atom stereocenters. The molecular weight excluding hydrogens is 408 g/mol. The number of carbonyl (C=O) groups is 1. The second-order valence-electron chi connectivity index (χ2n) is 7.42. The van der Waals surface area contributed by atoms with Gasteiger partial charge in [0.05, 0.1) is 5.69 Å². The molecule has 32 heavy (non-hydrogen) atoms. The first-order valence-corrected chi connectivity index (χ1v) is 10.4. The summed E-state index contributed by atoms with van der Waals surface area (Å²) in [5, 5.41) is 35.6. The van der Waals surface area contributed by atoms with E-state index in [2.05, 4.69) is 10.6 Å². The smallest absolute Gasteiger partial charge is 0.211 e. The van der Waals surface area contributed by atoms with Gasteiger partial charge < -0.3 is 25.4 Å². The summed E-state index contributed by atoms with van der Waals surface area (Å²) in [5.74, 6) is 0.661. The maximum atomic E-state index is 10.6. The molecule has 0 aromatic heterocycles. The zero-order valence-corrected chi connectivity index (χ0v) is 17.6. The Morgan fingerprint density at radius 2 is 1.66 bits per heavy atom. The lowest BCUT2D eigenvalue weighted by Crippen LogP contribution is -2.32. The number of carbonyl (C=O) groups excluding carboxylic acids is 1. The molecule has 168 valence electrons. The molecule has 0 saturated carbocycles. The van der Waals surface area contributed by atoms with Crippen LogP contribution in [0.25, 0.3) is 0 Å². The normalized spacial score (nSPS) is 12.7. The van der Waals surface area contributed by atoms with Gasteiger partial charge in [0.1, 0.15) is 30.4 Å². The number of hydrogen-bond donors (Lipinski definition) is 5. The minimum atomic E-state index is -0.759. The molecule has 0 fully saturated rings. The summed E-state index contributed by atoms with van der Waals surface area (Å²) >= 11 is 0. The lowest BCUT2D eigenvalue weighted by molar-refractivity contribution is -0.105. The van der Waals surface area contributed by atoms with Crippen molar-refractivity contribution in [2.75, 3.05) is 18.5 Å². The summed E-state index contributed by atoms with van der Waals surface area (Å²) < 4.78 is 5.67. The first kappa shape index (κ1) is 23.3. The third-order valence-electron chi connectivity index (χ3n) is 5.01. The zero-order valence-electron chi connectivity index (χ0n) is 17.6. The van der Waals surface area contributed by atoms with E-state index in [9.17, 15) is 20.1 Å². The van der Waals surface area contributed by atoms with E-state index in [1.807, 2.05) is 54.6 Å². The fourth-order valence-corrected chi connectivity index (χ4v) is 3.27. The van der Waals surface area contributed by atoms with Gasteiger partial charge in [0.25, 0.3) is 0 Å². The molecule has 0 aliphatic heterocycles. The highest BCUT2D eigenvalue weighted by Gasteiger charge is 2.09. The summed E-state index contributed by atoms with van der Waals surface area (Å²) in [7, 11) is 0. The number of amides is 1. The monoisotopic (exact) mass is 436 g/mol. The van der Waals surface area contributed by atoms with E-state index >= 15 is 0 Å². The van der Waals surface area contributed by atoms with E-state index in [4.69, 9.17) is 4.74 Å². The van der Waals surface area contributed by atoms with Gasteiger partial charge in [-0.2, -0.15) is 0 Å². The van der Waals surface area contributed by atoms with Gasteiger partial charge >= 0.3 is 0 Å². The van der Waals surface area contributed by atoms with Gasteiger partial charge in [-0.1, -0.05) is 48.5 Å². The van der Waals surface area contributed by atoms with Crippen LogP contribution in [0.3, 0.4) is 0 Å². The highest BCUT2D eigenvalue weighted by atomic mass is 16.5. The Balaban J connectivity index is 1.40. The topological polar surface area (TPSA) is 111 Å². The molecule has 3 rings (SSSR count). The van der Waals surface area contributed by atoms with Crippen LogP contribution in [0.2, 0.25) is 0 Å². The minimum absolute atomic E-state index is 0.0229. The Labute approximate surface area is 187 Å². The summed E-state index contributed by atoms with van der Waals surface area (Å²) in [4.78, 5) is 10.6. The predicted molar refractivity (Wildman–Crippen MR) is 123 cm³/mol. The van der Waals surface area contributed by atoms with Crippen molar-refractivity contribution in [2.45, 2.75) is 25.2 Å². The number of ether oxygens (including phenoxy) is 1. The molecular formula is C25H28N2O5. The van der Waals surface area contributed by atoms with Crippen molar-refractivity contribution in [2.24, 2.45) is 0 Å². The molecule has 7 nitrogen and oxygen atoms in total. The van der Waals surface area contributed by atoms with Crippen LogP contribution in [-0.4, -0.2) is 41.1 Å². The fourth-order valence-electron chi connectivity index (χ4n) is 3.27. The van der Waals surface area contributed by atoms with Gasteiger partial charge in [0, 0.05) is 13.0 Å². The molecule has 5 N–H and O–H groups in total. The van der Waals surface area contributed by atoms with Gasteiger partial charge in [0.15, 0.2) is 0 Å². The molecule has 0 bridgehead atoms. The number of anilines is 1. The number of aromatic hydroxyl groups is 1. The predicted octanol–water partition coefficient (Wildman–Crippen LogP) is 2.77. The molecule has 2 atom stereocenters. The maximum Gasteiger partial charge on any atom is 0.211 e. The summed E-state index contributed by atoms with van der Waals surface area (Å²) in [6, 6.07) is 21.8. The van der Waals surface area contributed by atoms with Crippen molar-refractivity contribution in [1.29, 1.82) is 0 Å². The van der Waals surface area contributed by atoms with Gasteiger partial charge in [-0.05, 0) is 47.4 Å². The Kier molecular flexibility index (Phi) is 8.62. The van der Waals surface area contributed by atoms with E-state index in [-0.39, 0.29) is 12.4 Å². The van der Waals surface area contributed by atoms with Crippen LogP contribution in [0.1, 0.15) is 22.8 Å². The average molecular weight is 437 g/mol. The minimum Gasteiger partial charge on any atom is -0.506 e. The van der Waals surface area contributed by atoms with Gasteiger partial charge in [-0.15, -0.1) is 0 Å². The van der Waals surface area contributed by atoms with Crippen LogP contribution in [0.15, 0.2) is 72.8 Å². The van der Waals surface area contributed by atoms with Crippen molar-refractivity contribution in [3.05, 3.63) is 89.5 Å². The van der Waals surface area contributed by atoms with E-state index in [0.29, 0.717) is 30.8 Å². The van der Waals surface area contributed by atoms with Crippen molar-refractivity contribution in [1.82, 2.24) is 5.32 Å². The lowest BCUT2D eigenvalue weighted by atomic mass is 10.1. The molecule has 0 spiro atoms. The quantitative estimate of drug-likeness (QED) is 0.170. The van der Waals surface area contributed by atoms with Gasteiger partial charge in [-0.3, -0.25) is 10.1 Å². The molecule has 0 aliphatic rings. The van der Waals surface area contributed by atoms with Crippen LogP contribution < -0.4 is 15.4 Å². The number of phenolic OH excluding ortho intramolecular Hbond substituents is 1. The molecule has 3 aromatic carbocycles. The Bertz CT molecular complexity index is 979. The molecule has 0 aliphatic carbocycles. The van der Waals surface area contributed by atoms with E-state index in [1.165, 1.54) is 6.07 Å². The molecule has 1 amide bonds. The number of hydrogen-bond acceptors (Lipinski definition) is 6. The Morgan fingerprint density at radius 3 is 2.38 bits per heavy atom. The first-order chi connectivity index (χ1) is 15.5. The van der Waals surface area contributed by atoms with E-state index in [0.717, 1.165) is 23.1 Å². The Morgan fingerprint density at radius 1 is 0.938 bits per heavy atom. The second-order valence-corrected chi connectivity index (χ2v) is 7.42. The molecule has 0 saturated heterocycles. The average Bonchev–Trinajstić information content (AvgIpc) is 2.81. The third kappa shape index (κ3) is 7.09. The van der Waals surface area contributed by atoms with Gasteiger partial charge in [-0.25, -0.2) is 0 Å². The summed E-state index contributed by atoms with van der Waals surface area (Å²) in [6.45, 7) is 0.754. The molecule has 0 heterocycles. The Hall–Kier alpha value is -3.39. The third-order valence-corrected chi connectivity index (χ3v) is 5.01. The maximum absolute atomic E-state index is 10.6. The van der Waals surface area contributed by atoms with Crippen LogP contribution in [0, 0.1) is 0 Å². The largest absolute Gasteiger partial charge is 0.506 e. The SMILES string of the molecule is O=CNc1cc(C[C@@H](O)NCCc2ccc(OC[C@@H](O)c3ccccc3)cc2)ccc1O. The lowest BCUT2D eigenvalue weighted by Gasteiger charge is -2.15. The van der Waals surface area contributed by atoms with Crippen LogP contribution in [0.5, 0.6) is 11.5 Å².